The van der Waals surface area contributed by atoms with Gasteiger partial charge in [0.05, 0.1) is 19.0 Å². The number of amides is 1. The van der Waals surface area contributed by atoms with Crippen molar-refractivity contribution >= 4 is 29.8 Å². The van der Waals surface area contributed by atoms with E-state index < -0.39 is 0 Å². The molecule has 1 aromatic carbocycles. The Labute approximate surface area is 138 Å². The lowest BCUT2D eigenvalue weighted by Crippen LogP contribution is -2.41. The average molecular weight is 331 g/mol. The Kier molecular flexibility index (Phi) is 5.44. The molecule has 0 saturated carbocycles. The van der Waals surface area contributed by atoms with Crippen LogP contribution in [0, 0.1) is 0 Å². The number of carbonyl (C=O) groups excluding carboxylic acids is 1. The fourth-order valence-electron chi connectivity index (χ4n) is 2.11. The molecule has 2 aromatic rings. The van der Waals surface area contributed by atoms with Crippen molar-refractivity contribution in [2.24, 2.45) is 0 Å². The van der Waals surface area contributed by atoms with Crippen LogP contribution in [0.15, 0.2) is 40.0 Å². The highest BCUT2D eigenvalue weighted by molar-refractivity contribution is 7.99. The summed E-state index contributed by atoms with van der Waals surface area (Å²) in [6.07, 6.45) is 3.66. The summed E-state index contributed by atoms with van der Waals surface area (Å²) in [5.74, 6) is 0.789. The maximum Gasteiger partial charge on any atom is 0.277 e. The van der Waals surface area contributed by atoms with Gasteiger partial charge in [0.25, 0.3) is 5.22 Å². The van der Waals surface area contributed by atoms with Gasteiger partial charge in [-0.3, -0.25) is 4.79 Å². The minimum atomic E-state index is 0.0675. The fraction of sp³-hybridized carbons (Fsp3) is 0.312. The quantitative estimate of drug-likeness (QED) is 0.782. The lowest BCUT2D eigenvalue weighted by Gasteiger charge is -2.26. The molecule has 1 aromatic heterocycles. The summed E-state index contributed by atoms with van der Waals surface area (Å²) in [4.78, 5) is 13.8. The monoisotopic (exact) mass is 331 g/mol. The van der Waals surface area contributed by atoms with Crippen LogP contribution in [0.3, 0.4) is 0 Å². The third-order valence-electron chi connectivity index (χ3n) is 3.32. The number of morpholine rings is 1. The molecule has 0 bridgehead atoms. The van der Waals surface area contributed by atoms with E-state index in [1.807, 2.05) is 36.4 Å². The molecule has 6 nitrogen and oxygen atoms in total. The molecule has 3 rings (SSSR count). The van der Waals surface area contributed by atoms with Gasteiger partial charge in [0, 0.05) is 19.2 Å². The normalized spacial score (nSPS) is 15.2. The number of thioether (sulfide) groups is 1. The van der Waals surface area contributed by atoms with Crippen LogP contribution in [-0.4, -0.2) is 53.1 Å². The smallest absolute Gasteiger partial charge is 0.277 e. The van der Waals surface area contributed by atoms with Crippen molar-refractivity contribution in [2.75, 3.05) is 32.1 Å². The molecule has 2 heterocycles. The molecule has 0 spiro atoms. The van der Waals surface area contributed by atoms with Gasteiger partial charge in [0.1, 0.15) is 0 Å². The Morgan fingerprint density at radius 2 is 1.96 bits per heavy atom. The summed E-state index contributed by atoms with van der Waals surface area (Å²) in [5.41, 5.74) is 1.06. The number of aromatic nitrogens is 2. The zero-order chi connectivity index (χ0) is 15.9. The second kappa shape index (κ2) is 7.94. The topological polar surface area (TPSA) is 68.5 Å². The highest BCUT2D eigenvalue weighted by Crippen LogP contribution is 2.18. The van der Waals surface area contributed by atoms with E-state index in [0.29, 0.717) is 43.2 Å². The van der Waals surface area contributed by atoms with E-state index in [0.717, 1.165) is 5.56 Å². The summed E-state index contributed by atoms with van der Waals surface area (Å²) in [5, 5.41) is 8.30. The van der Waals surface area contributed by atoms with Crippen LogP contribution in [0.1, 0.15) is 11.5 Å². The highest BCUT2D eigenvalue weighted by Gasteiger charge is 2.17. The number of carbonyl (C=O) groups is 1. The van der Waals surface area contributed by atoms with Crippen molar-refractivity contribution in [3.63, 3.8) is 0 Å². The summed E-state index contributed by atoms with van der Waals surface area (Å²) < 4.78 is 10.7. The summed E-state index contributed by atoms with van der Waals surface area (Å²) in [7, 11) is 0. The largest absolute Gasteiger partial charge is 0.412 e. The van der Waals surface area contributed by atoms with Crippen molar-refractivity contribution < 1.29 is 13.9 Å². The number of rotatable bonds is 5. The molecular weight excluding hydrogens is 314 g/mol. The van der Waals surface area contributed by atoms with Gasteiger partial charge in [-0.05, 0) is 11.6 Å². The van der Waals surface area contributed by atoms with Crippen molar-refractivity contribution in [3.05, 3.63) is 41.8 Å². The van der Waals surface area contributed by atoms with Crippen LogP contribution in [-0.2, 0) is 9.53 Å². The van der Waals surface area contributed by atoms with E-state index in [9.17, 15) is 4.79 Å². The SMILES string of the molecule is O=C(CSc1nnc(/C=C/c2ccccc2)o1)N1CCOCC1. The molecule has 1 aliphatic heterocycles. The zero-order valence-corrected chi connectivity index (χ0v) is 13.4. The number of ether oxygens (including phenoxy) is 1. The van der Waals surface area contributed by atoms with Gasteiger partial charge in [0.15, 0.2) is 0 Å². The second-order valence-corrected chi connectivity index (χ2v) is 5.86. The Morgan fingerprint density at radius 1 is 1.17 bits per heavy atom. The molecule has 0 radical (unpaired) electrons. The molecule has 120 valence electrons. The highest BCUT2D eigenvalue weighted by atomic mass is 32.2. The first-order valence-electron chi connectivity index (χ1n) is 7.36. The van der Waals surface area contributed by atoms with E-state index in [-0.39, 0.29) is 5.91 Å². The predicted molar refractivity (Wildman–Crippen MR) is 87.8 cm³/mol. The van der Waals surface area contributed by atoms with Crippen LogP contribution in [0.4, 0.5) is 0 Å². The average Bonchev–Trinajstić information content (AvgIpc) is 3.07. The second-order valence-electron chi connectivity index (χ2n) is 4.93. The first kappa shape index (κ1) is 15.8. The predicted octanol–water partition coefficient (Wildman–Crippen LogP) is 2.19. The maximum atomic E-state index is 12.0. The molecule has 1 aliphatic rings. The molecule has 0 atom stereocenters. The summed E-state index contributed by atoms with van der Waals surface area (Å²) >= 11 is 1.26. The maximum absolute atomic E-state index is 12.0. The first-order chi connectivity index (χ1) is 11.3. The van der Waals surface area contributed by atoms with Crippen molar-refractivity contribution in [3.8, 4) is 0 Å². The molecule has 1 amide bonds. The van der Waals surface area contributed by atoms with Crippen molar-refractivity contribution in [1.82, 2.24) is 15.1 Å². The van der Waals surface area contributed by atoms with Crippen LogP contribution >= 0.6 is 11.8 Å². The fourth-order valence-corrected chi connectivity index (χ4v) is 2.78. The number of nitrogens with zero attached hydrogens (tertiary/aromatic N) is 3. The molecule has 1 saturated heterocycles. The van der Waals surface area contributed by atoms with Gasteiger partial charge in [-0.1, -0.05) is 42.1 Å². The molecule has 0 aliphatic carbocycles. The van der Waals surface area contributed by atoms with Crippen LogP contribution < -0.4 is 0 Å². The summed E-state index contributed by atoms with van der Waals surface area (Å²) in [6, 6.07) is 9.87. The van der Waals surface area contributed by atoms with E-state index >= 15 is 0 Å². The van der Waals surface area contributed by atoms with E-state index in [4.69, 9.17) is 9.15 Å². The lowest BCUT2D eigenvalue weighted by atomic mass is 10.2. The van der Waals surface area contributed by atoms with Crippen molar-refractivity contribution in [1.29, 1.82) is 0 Å². The minimum absolute atomic E-state index is 0.0675. The minimum Gasteiger partial charge on any atom is -0.412 e. The molecular formula is C16H17N3O3S. The number of benzene rings is 1. The van der Waals surface area contributed by atoms with Gasteiger partial charge in [-0.15, -0.1) is 10.2 Å². The van der Waals surface area contributed by atoms with Gasteiger partial charge in [-0.2, -0.15) is 0 Å². The molecule has 23 heavy (non-hydrogen) atoms. The third-order valence-corrected chi connectivity index (χ3v) is 4.13. The van der Waals surface area contributed by atoms with E-state index in [1.54, 1.807) is 11.0 Å². The Hall–Kier alpha value is -2.12. The number of hydrogen-bond acceptors (Lipinski definition) is 6. The van der Waals surface area contributed by atoms with Crippen LogP contribution in [0.5, 0.6) is 0 Å². The lowest BCUT2D eigenvalue weighted by molar-refractivity contribution is -0.132. The summed E-state index contributed by atoms with van der Waals surface area (Å²) in [6.45, 7) is 2.50. The standard InChI is InChI=1S/C16H17N3O3S/c20-15(19-8-10-21-11-9-19)12-23-16-18-17-14(22-16)7-6-13-4-2-1-3-5-13/h1-7H,8-12H2/b7-6+. The first-order valence-corrected chi connectivity index (χ1v) is 8.35. The molecule has 0 N–H and O–H groups in total. The molecule has 1 fully saturated rings. The molecule has 0 unspecified atom stereocenters. The Morgan fingerprint density at radius 3 is 2.74 bits per heavy atom. The van der Waals surface area contributed by atoms with Gasteiger partial charge in [0.2, 0.25) is 11.8 Å². The van der Waals surface area contributed by atoms with Crippen LogP contribution in [0.25, 0.3) is 12.2 Å². The van der Waals surface area contributed by atoms with Crippen LogP contribution in [0.2, 0.25) is 0 Å². The van der Waals surface area contributed by atoms with Gasteiger partial charge < -0.3 is 14.1 Å². The third kappa shape index (κ3) is 4.67. The van der Waals surface area contributed by atoms with Crippen molar-refractivity contribution in [2.45, 2.75) is 5.22 Å². The Bertz CT molecular complexity index is 666. The number of hydrogen-bond donors (Lipinski definition) is 0. The van der Waals surface area contributed by atoms with Gasteiger partial charge >= 0.3 is 0 Å². The molecule has 7 heteroatoms. The van der Waals surface area contributed by atoms with E-state index in [1.165, 1.54) is 11.8 Å². The van der Waals surface area contributed by atoms with Gasteiger partial charge in [-0.25, -0.2) is 0 Å². The zero-order valence-electron chi connectivity index (χ0n) is 12.6. The Balaban J connectivity index is 1.51. The van der Waals surface area contributed by atoms with E-state index in [2.05, 4.69) is 10.2 Å².